The number of hydrogen-bond donors (Lipinski definition) is 0. The van der Waals surface area contributed by atoms with Crippen LogP contribution in [0, 0.1) is 0 Å². The van der Waals surface area contributed by atoms with Crippen LogP contribution in [0.3, 0.4) is 0 Å². The number of benzene rings is 4. The highest BCUT2D eigenvalue weighted by molar-refractivity contribution is 5.93. The van der Waals surface area contributed by atoms with Gasteiger partial charge in [0, 0.05) is 6.08 Å². The van der Waals surface area contributed by atoms with Crippen molar-refractivity contribution in [2.75, 3.05) is 33.5 Å². The Kier molecular flexibility index (Phi) is 15.0. The van der Waals surface area contributed by atoms with Crippen LogP contribution in [0.4, 0.5) is 9.59 Å². The van der Waals surface area contributed by atoms with Crippen LogP contribution in [0.5, 0.6) is 23.0 Å². The molecule has 2 aliphatic rings. The number of unbranched alkanes of at least 4 members (excludes halogenated alkanes) is 1. The number of ether oxygens (including phenoxy) is 11. The number of methoxy groups -OCH3 is 1. The lowest BCUT2D eigenvalue weighted by Crippen LogP contribution is -2.36. The van der Waals surface area contributed by atoms with E-state index in [4.69, 9.17) is 47.4 Å². The summed E-state index contributed by atoms with van der Waals surface area (Å²) < 4.78 is 57.9. The minimum Gasteiger partial charge on any atom is -0.463 e. The molecular weight excluding hydrogens is 816 g/mol. The second kappa shape index (κ2) is 21.1. The molecule has 0 bridgehead atoms. The maximum absolute atomic E-state index is 13.0. The molecule has 2 unspecified atom stereocenters. The Morgan fingerprint density at radius 2 is 0.871 bits per heavy atom. The first kappa shape index (κ1) is 44.0. The molecule has 2 aliphatic heterocycles. The molecule has 6 rings (SSSR count). The molecule has 0 aromatic heterocycles. The highest BCUT2D eigenvalue weighted by atomic mass is 16.7. The highest BCUT2D eigenvalue weighted by Crippen LogP contribution is 2.32. The maximum atomic E-state index is 13.0. The number of esters is 5. The van der Waals surface area contributed by atoms with Crippen molar-refractivity contribution >= 4 is 42.2 Å². The summed E-state index contributed by atoms with van der Waals surface area (Å²) in [4.78, 5) is 85.5. The summed E-state index contributed by atoms with van der Waals surface area (Å²) in [6.45, 7) is 3.51. The Morgan fingerprint density at radius 3 is 1.26 bits per heavy atom. The van der Waals surface area contributed by atoms with Crippen LogP contribution in [0.15, 0.2) is 110 Å². The zero-order chi connectivity index (χ0) is 44.0. The number of carbonyl (C=O) groups is 7. The van der Waals surface area contributed by atoms with E-state index in [1.54, 1.807) is 0 Å². The van der Waals surface area contributed by atoms with Crippen LogP contribution in [-0.4, -0.2) is 100 Å². The van der Waals surface area contributed by atoms with Crippen LogP contribution in [0.25, 0.3) is 0 Å². The summed E-state index contributed by atoms with van der Waals surface area (Å²) in [5, 5.41) is 0. The van der Waals surface area contributed by atoms with Crippen molar-refractivity contribution in [3.8, 4) is 23.0 Å². The summed E-state index contributed by atoms with van der Waals surface area (Å²) in [5.41, 5.74) is 0.682. The third-order valence-electron chi connectivity index (χ3n) is 9.00. The van der Waals surface area contributed by atoms with Crippen molar-refractivity contribution in [1.29, 1.82) is 0 Å². The van der Waals surface area contributed by atoms with Gasteiger partial charge in [0.2, 0.25) is 0 Å². The van der Waals surface area contributed by atoms with E-state index in [9.17, 15) is 33.6 Å². The molecule has 4 aromatic carbocycles. The van der Waals surface area contributed by atoms with Gasteiger partial charge in [-0.2, -0.15) is 0 Å². The monoisotopic (exact) mass is 854 g/mol. The van der Waals surface area contributed by atoms with Crippen molar-refractivity contribution in [2.24, 2.45) is 0 Å². The van der Waals surface area contributed by atoms with Crippen molar-refractivity contribution in [1.82, 2.24) is 0 Å². The quantitative estimate of drug-likeness (QED) is 0.0322. The minimum absolute atomic E-state index is 0.00412. The van der Waals surface area contributed by atoms with Crippen molar-refractivity contribution in [3.63, 3.8) is 0 Å². The van der Waals surface area contributed by atoms with Gasteiger partial charge in [0.15, 0.2) is 12.2 Å². The highest BCUT2D eigenvalue weighted by Gasteiger charge is 2.51. The molecule has 2 heterocycles. The lowest BCUT2D eigenvalue weighted by molar-refractivity contribution is -0.137. The van der Waals surface area contributed by atoms with Gasteiger partial charge in [-0.25, -0.2) is 33.6 Å². The van der Waals surface area contributed by atoms with Crippen LogP contribution in [0.1, 0.15) is 54.3 Å². The molecule has 0 amide bonds. The van der Waals surface area contributed by atoms with Crippen molar-refractivity contribution in [2.45, 2.75) is 37.3 Å². The number of rotatable bonds is 16. The Balaban J connectivity index is 0.906. The average Bonchev–Trinajstić information content (AvgIpc) is 3.88. The van der Waals surface area contributed by atoms with Crippen LogP contribution < -0.4 is 18.9 Å². The smallest absolute Gasteiger partial charge is 0.463 e. The van der Waals surface area contributed by atoms with Gasteiger partial charge in [0.05, 0.1) is 55.8 Å². The minimum atomic E-state index is -0.940. The van der Waals surface area contributed by atoms with E-state index in [0.717, 1.165) is 6.08 Å². The molecule has 2 fully saturated rings. The predicted octanol–water partition coefficient (Wildman–Crippen LogP) is 5.84. The van der Waals surface area contributed by atoms with E-state index >= 15 is 0 Å². The van der Waals surface area contributed by atoms with Gasteiger partial charge in [-0.3, -0.25) is 0 Å². The Bertz CT molecular complexity index is 2250. The molecule has 4 aromatic rings. The lowest BCUT2D eigenvalue weighted by Gasteiger charge is -2.17. The van der Waals surface area contributed by atoms with Gasteiger partial charge in [-0.05, 0) is 110 Å². The fourth-order valence-electron chi connectivity index (χ4n) is 5.87. The van der Waals surface area contributed by atoms with Crippen LogP contribution in [-0.2, 0) is 38.0 Å². The molecule has 0 saturated carbocycles. The second-order valence-electron chi connectivity index (χ2n) is 13.2. The Hall–Kier alpha value is -7.57. The molecule has 322 valence electrons. The zero-order valence-corrected chi connectivity index (χ0v) is 32.9. The predicted molar refractivity (Wildman–Crippen MR) is 209 cm³/mol. The summed E-state index contributed by atoms with van der Waals surface area (Å²) in [6, 6.07) is 22.6. The standard InChI is InChI=1S/C44H38O18/c1-3-36(45)53-22-4-5-23-54-44(51)60-33-20-12-27(13-21-33)40(47)58-31-16-8-29(9-17-31)42(49)62-35-25-56-37-34(24-55-38(35)37)61-41(48)28-6-14-30(15-7-28)57-39(46)26-10-18-32(19-11-26)59-43(50)52-2/h3,6-21,34-35,37-38H,1,4-5,22-25H2,2H3/t34-,35+,37?,38?/m1/s1. The van der Waals surface area contributed by atoms with E-state index in [1.807, 2.05) is 0 Å². The van der Waals surface area contributed by atoms with E-state index in [0.29, 0.717) is 12.8 Å². The Labute approximate surface area is 353 Å². The normalized spacial score (nSPS) is 17.3. The van der Waals surface area contributed by atoms with Crippen molar-refractivity contribution < 1.29 is 85.7 Å². The average molecular weight is 855 g/mol. The molecule has 0 radical (unpaired) electrons. The molecule has 0 N–H and O–H groups in total. The second-order valence-corrected chi connectivity index (χ2v) is 13.2. The molecule has 4 atom stereocenters. The maximum Gasteiger partial charge on any atom is 0.513 e. The number of carbonyl (C=O) groups excluding carboxylic acids is 7. The molecular formula is C44H38O18. The summed E-state index contributed by atoms with van der Waals surface area (Å²) in [5.74, 6) is -2.66. The first-order valence-electron chi connectivity index (χ1n) is 18.9. The molecule has 0 aliphatic carbocycles. The van der Waals surface area contributed by atoms with E-state index in [-0.39, 0.29) is 71.7 Å². The van der Waals surface area contributed by atoms with Gasteiger partial charge in [0.1, 0.15) is 35.2 Å². The number of hydrogen-bond acceptors (Lipinski definition) is 18. The molecule has 18 nitrogen and oxygen atoms in total. The first-order valence-corrected chi connectivity index (χ1v) is 18.9. The van der Waals surface area contributed by atoms with Gasteiger partial charge in [-0.15, -0.1) is 0 Å². The summed E-state index contributed by atoms with van der Waals surface area (Å²) in [6.07, 6.45) is -2.84. The van der Waals surface area contributed by atoms with Gasteiger partial charge in [0.25, 0.3) is 0 Å². The van der Waals surface area contributed by atoms with Crippen LogP contribution in [0.2, 0.25) is 0 Å². The van der Waals surface area contributed by atoms with Crippen molar-refractivity contribution in [3.05, 3.63) is 132 Å². The summed E-state index contributed by atoms with van der Waals surface area (Å²) in [7, 11) is 1.17. The Morgan fingerprint density at radius 1 is 0.516 bits per heavy atom. The third-order valence-corrected chi connectivity index (χ3v) is 9.00. The zero-order valence-electron chi connectivity index (χ0n) is 32.9. The molecule has 62 heavy (non-hydrogen) atoms. The SMILES string of the molecule is C=CC(=O)OCCCCOC(=O)Oc1ccc(C(=O)Oc2ccc(C(=O)O[C@H]3COC4C3OC[C@H]4OC(=O)c3ccc(OC(=O)c4ccc(OC(=O)OC)cc4)cc3)cc2)cc1. The fraction of sp³-hybridized carbons (Fsp3) is 0.250. The van der Waals surface area contributed by atoms with E-state index in [2.05, 4.69) is 11.3 Å². The number of fused-ring (bicyclic) bond motifs is 1. The summed E-state index contributed by atoms with van der Waals surface area (Å²) >= 11 is 0. The van der Waals surface area contributed by atoms with E-state index < -0.39 is 66.6 Å². The van der Waals surface area contributed by atoms with Gasteiger partial charge in [-0.1, -0.05) is 6.58 Å². The molecule has 2 saturated heterocycles. The molecule has 18 heteroatoms. The molecule has 0 spiro atoms. The third kappa shape index (κ3) is 12.0. The first-order chi connectivity index (χ1) is 30.0. The lowest BCUT2D eigenvalue weighted by atomic mass is 10.1. The van der Waals surface area contributed by atoms with Crippen LogP contribution >= 0.6 is 0 Å². The topological polar surface area (TPSA) is 221 Å². The van der Waals surface area contributed by atoms with E-state index in [1.165, 1.54) is 104 Å². The largest absolute Gasteiger partial charge is 0.513 e. The fourth-order valence-corrected chi connectivity index (χ4v) is 5.87. The van der Waals surface area contributed by atoms with Gasteiger partial charge < -0.3 is 52.1 Å². The van der Waals surface area contributed by atoms with Gasteiger partial charge >= 0.3 is 42.2 Å².